The Bertz CT molecular complexity index is 92.6. The molecule has 8 heavy (non-hydrogen) atoms. The van der Waals surface area contributed by atoms with Crippen molar-refractivity contribution in [2.45, 2.75) is 32.6 Å². The van der Waals surface area contributed by atoms with Gasteiger partial charge in [0.2, 0.25) is 6.29 Å². The third-order valence-corrected chi connectivity index (χ3v) is 1.80. The fraction of sp³-hybridized carbons (Fsp3) is 0.857. The maximum atomic E-state index is 10.2. The van der Waals surface area contributed by atoms with Crippen LogP contribution in [0, 0.1) is 5.41 Å². The van der Waals surface area contributed by atoms with Crippen LogP contribution in [0.25, 0.3) is 0 Å². The van der Waals surface area contributed by atoms with Crippen LogP contribution in [0.2, 0.25) is 0 Å². The summed E-state index contributed by atoms with van der Waals surface area (Å²) in [5.41, 5.74) is 0.0365. The van der Waals surface area contributed by atoms with Crippen LogP contribution in [0.4, 0.5) is 0 Å². The van der Waals surface area contributed by atoms with Gasteiger partial charge in [0.25, 0.3) is 0 Å². The molecule has 45 valence electrons. The molecule has 1 rings (SSSR count). The lowest BCUT2D eigenvalue weighted by Crippen LogP contribution is -1.99. The summed E-state index contributed by atoms with van der Waals surface area (Å²) in [4.78, 5) is 10.2. The smallest absolute Gasteiger partial charge is 0.205 e. The molecule has 0 spiro atoms. The number of carbonyl (C=O) groups excluding carboxylic acids is 1. The fourth-order valence-corrected chi connectivity index (χ4v) is 1.03. The summed E-state index contributed by atoms with van der Waals surface area (Å²) < 4.78 is 0. The van der Waals surface area contributed by atoms with Crippen molar-refractivity contribution < 1.29 is 4.79 Å². The summed E-state index contributed by atoms with van der Waals surface area (Å²) in [6.07, 6.45) is 6.45. The largest absolute Gasteiger partial charge is 0.290 e. The van der Waals surface area contributed by atoms with E-state index in [0.717, 1.165) is 25.7 Å². The van der Waals surface area contributed by atoms with Gasteiger partial charge in [-0.1, -0.05) is 13.3 Å². The van der Waals surface area contributed by atoms with Crippen molar-refractivity contribution >= 4 is 6.29 Å². The highest BCUT2D eigenvalue weighted by Crippen LogP contribution is 2.47. The molecule has 1 aliphatic rings. The van der Waals surface area contributed by atoms with Gasteiger partial charge in [0.15, 0.2) is 0 Å². The van der Waals surface area contributed by atoms with E-state index in [1.807, 2.05) is 0 Å². The molecule has 0 saturated heterocycles. The van der Waals surface area contributed by atoms with Crippen LogP contribution in [0.5, 0.6) is 0 Å². The molecule has 1 aliphatic carbocycles. The van der Waals surface area contributed by atoms with Gasteiger partial charge in [0.05, 0.1) is 0 Å². The van der Waals surface area contributed by atoms with E-state index < -0.39 is 0 Å². The van der Waals surface area contributed by atoms with E-state index in [2.05, 4.69) is 13.2 Å². The molecule has 0 atom stereocenters. The normalized spacial score (nSPS) is 22.6. The second-order valence-corrected chi connectivity index (χ2v) is 2.63. The monoisotopic (exact) mass is 111 g/mol. The lowest BCUT2D eigenvalue weighted by atomic mass is 10.0. The average Bonchev–Trinajstić information content (AvgIpc) is 2.50. The SMILES string of the molecule is CCCC1([C]=O)CC1. The molecule has 1 nitrogen and oxygen atoms in total. The van der Waals surface area contributed by atoms with E-state index in [4.69, 9.17) is 0 Å². The van der Waals surface area contributed by atoms with E-state index in [0.29, 0.717) is 0 Å². The zero-order valence-electron chi connectivity index (χ0n) is 5.24. The van der Waals surface area contributed by atoms with E-state index in [9.17, 15) is 4.79 Å². The molecule has 0 bridgehead atoms. The second kappa shape index (κ2) is 1.88. The molecule has 0 aromatic heterocycles. The van der Waals surface area contributed by atoms with Gasteiger partial charge in [0, 0.05) is 5.41 Å². The van der Waals surface area contributed by atoms with E-state index in [1.54, 1.807) is 0 Å². The fourth-order valence-electron chi connectivity index (χ4n) is 1.03. The molecule has 0 aromatic carbocycles. The van der Waals surface area contributed by atoms with Gasteiger partial charge in [0.1, 0.15) is 0 Å². The van der Waals surface area contributed by atoms with Gasteiger partial charge in [-0.15, -0.1) is 0 Å². The highest BCUT2D eigenvalue weighted by Gasteiger charge is 2.42. The maximum absolute atomic E-state index is 10.2. The average molecular weight is 111 g/mol. The standard InChI is InChI=1S/C7H11O/c1-2-3-7(6-8)4-5-7/h2-5H2,1H3. The van der Waals surface area contributed by atoms with Crippen molar-refractivity contribution in [1.29, 1.82) is 0 Å². The molecule has 0 aromatic rings. The molecule has 1 radical (unpaired) electrons. The molecule has 0 amide bonds. The highest BCUT2D eigenvalue weighted by atomic mass is 16.1. The molecular weight excluding hydrogens is 100 g/mol. The predicted octanol–water partition coefficient (Wildman–Crippen LogP) is 1.68. The Labute approximate surface area is 50.1 Å². The Morgan fingerprint density at radius 2 is 2.25 bits per heavy atom. The van der Waals surface area contributed by atoms with Gasteiger partial charge in [-0.3, -0.25) is 4.79 Å². The molecule has 0 heterocycles. The van der Waals surface area contributed by atoms with Gasteiger partial charge in [-0.2, -0.15) is 0 Å². The van der Waals surface area contributed by atoms with Crippen LogP contribution in [0.15, 0.2) is 0 Å². The third kappa shape index (κ3) is 0.908. The summed E-state index contributed by atoms with van der Waals surface area (Å²) in [6, 6.07) is 0. The summed E-state index contributed by atoms with van der Waals surface area (Å²) in [5, 5.41) is 0. The first-order valence-corrected chi connectivity index (χ1v) is 3.22. The van der Waals surface area contributed by atoms with Gasteiger partial charge in [-0.05, 0) is 19.3 Å². The molecule has 1 saturated carbocycles. The van der Waals surface area contributed by atoms with Gasteiger partial charge >= 0.3 is 0 Å². The van der Waals surface area contributed by atoms with Crippen LogP contribution in [-0.4, -0.2) is 6.29 Å². The van der Waals surface area contributed by atoms with Crippen molar-refractivity contribution in [3.8, 4) is 0 Å². The first-order valence-electron chi connectivity index (χ1n) is 3.22. The summed E-state index contributed by atoms with van der Waals surface area (Å²) >= 11 is 0. The first-order chi connectivity index (χ1) is 3.83. The minimum atomic E-state index is 0.0365. The van der Waals surface area contributed by atoms with Crippen LogP contribution in [0.3, 0.4) is 0 Å². The number of hydrogen-bond donors (Lipinski definition) is 0. The minimum Gasteiger partial charge on any atom is -0.290 e. The Kier molecular flexibility index (Phi) is 1.37. The Balaban J connectivity index is 2.30. The lowest BCUT2D eigenvalue weighted by Gasteiger charge is -1.98. The van der Waals surface area contributed by atoms with Gasteiger partial charge < -0.3 is 0 Å². The molecular formula is C7H11O. The molecule has 0 aliphatic heterocycles. The van der Waals surface area contributed by atoms with Crippen LogP contribution in [-0.2, 0) is 4.79 Å². The second-order valence-electron chi connectivity index (χ2n) is 2.63. The Morgan fingerprint density at radius 3 is 2.38 bits per heavy atom. The highest BCUT2D eigenvalue weighted by molar-refractivity contribution is 5.64. The van der Waals surface area contributed by atoms with Crippen LogP contribution < -0.4 is 0 Å². The summed E-state index contributed by atoms with van der Waals surface area (Å²) in [6.45, 7) is 2.11. The number of rotatable bonds is 3. The van der Waals surface area contributed by atoms with Crippen molar-refractivity contribution in [2.24, 2.45) is 5.41 Å². The minimum absolute atomic E-state index is 0.0365. The molecule has 0 N–H and O–H groups in total. The maximum Gasteiger partial charge on any atom is 0.205 e. The van der Waals surface area contributed by atoms with Crippen molar-refractivity contribution in [3.63, 3.8) is 0 Å². The molecule has 0 unspecified atom stereocenters. The van der Waals surface area contributed by atoms with E-state index in [1.165, 1.54) is 0 Å². The predicted molar refractivity (Wildman–Crippen MR) is 32.3 cm³/mol. The topological polar surface area (TPSA) is 17.1 Å². The van der Waals surface area contributed by atoms with Crippen molar-refractivity contribution in [2.75, 3.05) is 0 Å². The lowest BCUT2D eigenvalue weighted by molar-refractivity contribution is 0.496. The Hall–Kier alpha value is -0.330. The quantitative estimate of drug-likeness (QED) is 0.541. The summed E-state index contributed by atoms with van der Waals surface area (Å²) in [7, 11) is 0. The first kappa shape index (κ1) is 5.80. The van der Waals surface area contributed by atoms with E-state index in [-0.39, 0.29) is 5.41 Å². The Morgan fingerprint density at radius 1 is 1.62 bits per heavy atom. The summed E-state index contributed by atoms with van der Waals surface area (Å²) in [5.74, 6) is 0. The zero-order chi connectivity index (χ0) is 6.04. The molecule has 1 heteroatoms. The van der Waals surface area contributed by atoms with Gasteiger partial charge in [-0.25, -0.2) is 0 Å². The molecule has 1 fully saturated rings. The van der Waals surface area contributed by atoms with E-state index >= 15 is 0 Å². The van der Waals surface area contributed by atoms with Crippen molar-refractivity contribution in [1.82, 2.24) is 0 Å². The zero-order valence-corrected chi connectivity index (χ0v) is 5.24. The number of hydrogen-bond acceptors (Lipinski definition) is 1. The third-order valence-electron chi connectivity index (χ3n) is 1.80. The van der Waals surface area contributed by atoms with Crippen molar-refractivity contribution in [3.05, 3.63) is 0 Å². The van der Waals surface area contributed by atoms with Crippen LogP contribution >= 0.6 is 0 Å². The van der Waals surface area contributed by atoms with Crippen LogP contribution in [0.1, 0.15) is 32.6 Å².